The highest BCUT2D eigenvalue weighted by Crippen LogP contribution is 1.96. The molecule has 0 aromatic rings. The Kier molecular flexibility index (Phi) is 6.69. The monoisotopic (exact) mass is 245 g/mol. The number of nitrogens with one attached hydrogen (secondary N) is 2. The van der Waals surface area contributed by atoms with E-state index in [-0.39, 0.29) is 12.5 Å². The second-order valence-electron chi connectivity index (χ2n) is 3.79. The smallest absolute Gasteiger partial charge is 0.326 e. The van der Waals surface area contributed by atoms with E-state index >= 15 is 0 Å². The average Bonchev–Trinajstić information content (AvgIpc) is 2.24. The largest absolute Gasteiger partial charge is 0.480 e. The molecule has 0 heterocycles. The summed E-state index contributed by atoms with van der Waals surface area (Å²) in [5, 5.41) is 13.4. The molecular formula is C10H19N3O4. The summed E-state index contributed by atoms with van der Waals surface area (Å²) in [6.45, 7) is 1.67. The van der Waals surface area contributed by atoms with Crippen LogP contribution in [0, 0.1) is 0 Å². The van der Waals surface area contributed by atoms with Crippen LogP contribution in [0.25, 0.3) is 0 Å². The average molecular weight is 245 g/mol. The van der Waals surface area contributed by atoms with Crippen molar-refractivity contribution in [2.24, 2.45) is 0 Å². The summed E-state index contributed by atoms with van der Waals surface area (Å²) >= 11 is 0. The van der Waals surface area contributed by atoms with Crippen LogP contribution in [-0.4, -0.2) is 54.6 Å². The van der Waals surface area contributed by atoms with Crippen molar-refractivity contribution < 1.29 is 19.5 Å². The lowest BCUT2D eigenvalue weighted by atomic mass is 10.2. The Morgan fingerprint density at radius 1 is 1.29 bits per heavy atom. The molecule has 0 fully saturated rings. The number of aliphatic carboxylic acids is 1. The molecule has 98 valence electrons. The summed E-state index contributed by atoms with van der Waals surface area (Å²) in [5.41, 5.74) is 0. The van der Waals surface area contributed by atoms with Gasteiger partial charge in [0.2, 0.25) is 5.91 Å². The van der Waals surface area contributed by atoms with E-state index in [0.717, 1.165) is 0 Å². The third kappa shape index (κ3) is 6.39. The normalized spacial score (nSPS) is 11.5. The number of nitrogens with zero attached hydrogens (tertiary/aromatic N) is 1. The highest BCUT2D eigenvalue weighted by Gasteiger charge is 2.18. The minimum Gasteiger partial charge on any atom is -0.480 e. The molecule has 3 N–H and O–H groups in total. The molecule has 0 aliphatic rings. The van der Waals surface area contributed by atoms with Crippen LogP contribution in [0.2, 0.25) is 0 Å². The van der Waals surface area contributed by atoms with Gasteiger partial charge in [0.25, 0.3) is 0 Å². The van der Waals surface area contributed by atoms with Crippen LogP contribution >= 0.6 is 0 Å². The van der Waals surface area contributed by atoms with Gasteiger partial charge >= 0.3 is 12.0 Å². The Labute approximate surface area is 100 Å². The van der Waals surface area contributed by atoms with E-state index in [0.29, 0.717) is 12.8 Å². The number of likely N-dealkylation sites (N-methyl/N-ethyl adjacent to an activating group) is 1. The van der Waals surface area contributed by atoms with Crippen LogP contribution in [0.3, 0.4) is 0 Å². The van der Waals surface area contributed by atoms with Crippen molar-refractivity contribution >= 4 is 17.9 Å². The van der Waals surface area contributed by atoms with Crippen LogP contribution in [0.4, 0.5) is 4.79 Å². The van der Waals surface area contributed by atoms with E-state index in [4.69, 9.17) is 5.11 Å². The first kappa shape index (κ1) is 15.2. The van der Waals surface area contributed by atoms with Crippen molar-refractivity contribution in [2.75, 3.05) is 20.6 Å². The zero-order chi connectivity index (χ0) is 13.4. The van der Waals surface area contributed by atoms with Crippen LogP contribution in [0.1, 0.15) is 19.8 Å². The molecule has 17 heavy (non-hydrogen) atoms. The summed E-state index contributed by atoms with van der Waals surface area (Å²) in [6.07, 6.45) is 0.998. The second kappa shape index (κ2) is 7.48. The maximum atomic E-state index is 11.3. The number of urea groups is 1. The third-order valence-electron chi connectivity index (χ3n) is 2.08. The van der Waals surface area contributed by atoms with Gasteiger partial charge in [-0.3, -0.25) is 4.79 Å². The van der Waals surface area contributed by atoms with E-state index in [1.165, 1.54) is 4.90 Å². The van der Waals surface area contributed by atoms with Crippen LogP contribution in [0.15, 0.2) is 0 Å². The summed E-state index contributed by atoms with van der Waals surface area (Å²) in [7, 11) is 3.14. The Balaban J connectivity index is 4.07. The molecule has 0 saturated carbocycles. The fourth-order valence-corrected chi connectivity index (χ4v) is 1.07. The van der Waals surface area contributed by atoms with Gasteiger partial charge in [-0.2, -0.15) is 0 Å². The number of carboxylic acid groups (broad SMARTS) is 1. The first-order valence-corrected chi connectivity index (χ1v) is 5.35. The number of hydrogen-bond acceptors (Lipinski definition) is 3. The molecule has 0 aliphatic heterocycles. The maximum Gasteiger partial charge on any atom is 0.326 e. The highest BCUT2D eigenvalue weighted by atomic mass is 16.4. The number of carboxylic acids is 1. The van der Waals surface area contributed by atoms with Crippen LogP contribution < -0.4 is 10.6 Å². The molecule has 0 saturated heterocycles. The topological polar surface area (TPSA) is 98.7 Å². The Morgan fingerprint density at radius 3 is 2.29 bits per heavy atom. The van der Waals surface area contributed by atoms with E-state index in [1.807, 2.05) is 6.92 Å². The van der Waals surface area contributed by atoms with Gasteiger partial charge in [-0.25, -0.2) is 9.59 Å². The molecule has 0 aromatic carbocycles. The van der Waals surface area contributed by atoms with Gasteiger partial charge < -0.3 is 20.6 Å². The second-order valence-corrected chi connectivity index (χ2v) is 3.79. The van der Waals surface area contributed by atoms with E-state index in [2.05, 4.69) is 10.6 Å². The molecule has 3 amide bonds. The molecule has 0 aromatic heterocycles. The van der Waals surface area contributed by atoms with E-state index in [9.17, 15) is 14.4 Å². The summed E-state index contributed by atoms with van der Waals surface area (Å²) in [4.78, 5) is 34.6. The van der Waals surface area contributed by atoms with Crippen molar-refractivity contribution in [3.05, 3.63) is 0 Å². The molecule has 0 radical (unpaired) electrons. The molecule has 7 heteroatoms. The standard InChI is InChI=1S/C10H19N3O4/c1-4-5-7(9(15)16)12-10(17)11-6-8(14)13(2)3/h7H,4-6H2,1-3H3,(H,15,16)(H2,11,12,17). The van der Waals surface area contributed by atoms with E-state index in [1.54, 1.807) is 14.1 Å². The Hall–Kier alpha value is -1.79. The lowest BCUT2D eigenvalue weighted by Gasteiger charge is -2.15. The molecule has 0 bridgehead atoms. The highest BCUT2D eigenvalue weighted by molar-refractivity contribution is 5.86. The quantitative estimate of drug-likeness (QED) is 0.594. The summed E-state index contributed by atoms with van der Waals surface area (Å²) < 4.78 is 0. The molecular weight excluding hydrogens is 226 g/mol. The first-order valence-electron chi connectivity index (χ1n) is 5.35. The molecule has 0 spiro atoms. The predicted molar refractivity (Wildman–Crippen MR) is 61.6 cm³/mol. The van der Waals surface area contributed by atoms with Crippen molar-refractivity contribution in [1.29, 1.82) is 0 Å². The number of carbonyl (C=O) groups is 3. The zero-order valence-corrected chi connectivity index (χ0v) is 10.3. The Morgan fingerprint density at radius 2 is 1.88 bits per heavy atom. The lowest BCUT2D eigenvalue weighted by molar-refractivity contribution is -0.139. The molecule has 0 aliphatic carbocycles. The summed E-state index contributed by atoms with van der Waals surface area (Å²) in [5.74, 6) is -1.34. The van der Waals surface area contributed by atoms with Crippen molar-refractivity contribution in [3.63, 3.8) is 0 Å². The number of hydrogen-bond donors (Lipinski definition) is 3. The minimum absolute atomic E-state index is 0.155. The minimum atomic E-state index is -1.08. The molecule has 1 atom stereocenters. The summed E-state index contributed by atoms with van der Waals surface area (Å²) in [6, 6.07) is -1.57. The lowest BCUT2D eigenvalue weighted by Crippen LogP contribution is -2.48. The number of amides is 3. The number of rotatable bonds is 6. The fraction of sp³-hybridized carbons (Fsp3) is 0.700. The SMILES string of the molecule is CCCC(NC(=O)NCC(=O)N(C)C)C(=O)O. The first-order chi connectivity index (χ1) is 7.88. The molecule has 1 unspecified atom stereocenters. The maximum absolute atomic E-state index is 11.3. The van der Waals surface area contributed by atoms with Crippen molar-refractivity contribution in [1.82, 2.24) is 15.5 Å². The Bertz CT molecular complexity index is 291. The van der Waals surface area contributed by atoms with Gasteiger partial charge in [0, 0.05) is 14.1 Å². The zero-order valence-electron chi connectivity index (χ0n) is 10.3. The third-order valence-corrected chi connectivity index (χ3v) is 2.08. The van der Waals surface area contributed by atoms with Gasteiger partial charge in [0.15, 0.2) is 0 Å². The van der Waals surface area contributed by atoms with Gasteiger partial charge in [-0.1, -0.05) is 13.3 Å². The van der Waals surface area contributed by atoms with Crippen molar-refractivity contribution in [3.8, 4) is 0 Å². The van der Waals surface area contributed by atoms with Crippen LogP contribution in [-0.2, 0) is 9.59 Å². The van der Waals surface area contributed by atoms with Gasteiger partial charge in [-0.05, 0) is 6.42 Å². The van der Waals surface area contributed by atoms with Crippen LogP contribution in [0.5, 0.6) is 0 Å². The van der Waals surface area contributed by atoms with Gasteiger partial charge in [0.05, 0.1) is 6.54 Å². The fourth-order valence-electron chi connectivity index (χ4n) is 1.07. The van der Waals surface area contributed by atoms with Gasteiger partial charge in [-0.15, -0.1) is 0 Å². The molecule has 7 nitrogen and oxygen atoms in total. The predicted octanol–water partition coefficient (Wildman–Crippen LogP) is -0.373. The van der Waals surface area contributed by atoms with Gasteiger partial charge in [0.1, 0.15) is 6.04 Å². The molecule has 0 rings (SSSR count). The van der Waals surface area contributed by atoms with Crippen molar-refractivity contribution in [2.45, 2.75) is 25.8 Å². The number of carbonyl (C=O) groups excluding carboxylic acids is 2. The van der Waals surface area contributed by atoms with E-state index < -0.39 is 18.0 Å².